The number of anilines is 1. The minimum Gasteiger partial charge on any atom is -0.481 e. The number of ether oxygens (including phenoxy) is 1. The molecular weight excluding hydrogens is 431 g/mol. The van der Waals surface area contributed by atoms with Crippen LogP contribution in [0.25, 0.3) is 0 Å². The van der Waals surface area contributed by atoms with E-state index in [4.69, 9.17) is 9.15 Å². The largest absolute Gasteiger partial charge is 0.481 e. The number of thiophene rings is 1. The lowest BCUT2D eigenvalue weighted by Crippen LogP contribution is -2.13. The van der Waals surface area contributed by atoms with E-state index in [0.717, 1.165) is 23.1 Å². The lowest BCUT2D eigenvalue weighted by atomic mass is 10.1. The number of benzene rings is 1. The van der Waals surface area contributed by atoms with E-state index in [1.54, 1.807) is 19.1 Å². The Labute approximate surface area is 179 Å². The van der Waals surface area contributed by atoms with Crippen LogP contribution < -0.4 is 10.1 Å². The van der Waals surface area contributed by atoms with Gasteiger partial charge in [-0.25, -0.2) is 4.39 Å². The molecule has 154 valence electrons. The van der Waals surface area contributed by atoms with Gasteiger partial charge in [0.05, 0.1) is 16.2 Å². The highest BCUT2D eigenvalue weighted by molar-refractivity contribution is 7.99. The predicted octanol–water partition coefficient (Wildman–Crippen LogP) is 3.96. The van der Waals surface area contributed by atoms with Crippen molar-refractivity contribution < 1.29 is 23.1 Å². The first kappa shape index (κ1) is 21.5. The fourth-order valence-electron chi connectivity index (χ4n) is 2.42. The molecule has 11 heteroatoms. The number of hydrogen-bond acceptors (Lipinski definition) is 9. The van der Waals surface area contributed by atoms with E-state index >= 15 is 0 Å². The van der Waals surface area contributed by atoms with Gasteiger partial charge in [0.15, 0.2) is 24.0 Å². The first-order valence-corrected chi connectivity index (χ1v) is 10.4. The molecule has 3 rings (SSSR count). The van der Waals surface area contributed by atoms with Gasteiger partial charge >= 0.3 is 0 Å². The summed E-state index contributed by atoms with van der Waals surface area (Å²) < 4.78 is 24.2. The van der Waals surface area contributed by atoms with Gasteiger partial charge in [-0.3, -0.25) is 9.59 Å². The van der Waals surface area contributed by atoms with E-state index in [1.807, 2.05) is 6.07 Å². The Bertz CT molecular complexity index is 1140. The van der Waals surface area contributed by atoms with Gasteiger partial charge in [-0.2, -0.15) is 5.26 Å². The van der Waals surface area contributed by atoms with Gasteiger partial charge in [0, 0.05) is 0 Å². The molecule has 8 nitrogen and oxygen atoms in total. The number of thioether (sulfide) groups is 1. The number of para-hydroxylation sites is 1. The summed E-state index contributed by atoms with van der Waals surface area (Å²) >= 11 is 2.06. The number of nitrogens with one attached hydrogen (secondary N) is 1. The molecule has 1 amide bonds. The third kappa shape index (κ3) is 5.03. The fourth-order valence-corrected chi connectivity index (χ4v) is 4.07. The summed E-state index contributed by atoms with van der Waals surface area (Å²) in [6.07, 6.45) is 0. The fraction of sp³-hybridized carbons (Fsp3) is 0.211. The Morgan fingerprint density at radius 1 is 1.37 bits per heavy atom. The van der Waals surface area contributed by atoms with Crippen LogP contribution in [0.15, 0.2) is 33.9 Å². The summed E-state index contributed by atoms with van der Waals surface area (Å²) in [5, 5.41) is 20.0. The molecule has 0 aliphatic carbocycles. The summed E-state index contributed by atoms with van der Waals surface area (Å²) in [6, 6.07) is 7.94. The summed E-state index contributed by atoms with van der Waals surface area (Å²) in [7, 11) is 0. The van der Waals surface area contributed by atoms with Crippen LogP contribution in [0.3, 0.4) is 0 Å². The summed E-state index contributed by atoms with van der Waals surface area (Å²) in [6.45, 7) is 2.96. The maximum Gasteiger partial charge on any atom is 0.277 e. The summed E-state index contributed by atoms with van der Waals surface area (Å²) in [5.74, 6) is -0.916. The Hall–Kier alpha value is -3.23. The van der Waals surface area contributed by atoms with E-state index < -0.39 is 11.7 Å². The molecule has 0 atom stereocenters. The van der Waals surface area contributed by atoms with Crippen molar-refractivity contribution in [2.24, 2.45) is 0 Å². The molecule has 2 heterocycles. The molecule has 30 heavy (non-hydrogen) atoms. The van der Waals surface area contributed by atoms with Crippen molar-refractivity contribution in [3.63, 3.8) is 0 Å². The highest BCUT2D eigenvalue weighted by Crippen LogP contribution is 2.33. The Balaban J connectivity index is 1.55. The molecule has 0 bridgehead atoms. The highest BCUT2D eigenvalue weighted by Gasteiger charge is 2.19. The van der Waals surface area contributed by atoms with Crippen LogP contribution in [0.4, 0.5) is 9.39 Å². The maximum absolute atomic E-state index is 13.5. The lowest BCUT2D eigenvalue weighted by Gasteiger charge is -2.03. The first-order chi connectivity index (χ1) is 14.4. The van der Waals surface area contributed by atoms with Crippen LogP contribution in [-0.2, 0) is 11.4 Å². The van der Waals surface area contributed by atoms with Gasteiger partial charge in [-0.05, 0) is 31.5 Å². The van der Waals surface area contributed by atoms with Crippen LogP contribution in [0.2, 0.25) is 0 Å². The molecular formula is C19H15FN4O4S2. The van der Waals surface area contributed by atoms with Gasteiger partial charge in [0.2, 0.25) is 5.91 Å². The number of ketones is 1. The predicted molar refractivity (Wildman–Crippen MR) is 108 cm³/mol. The third-order valence-corrected chi connectivity index (χ3v) is 5.92. The van der Waals surface area contributed by atoms with Crippen molar-refractivity contribution in [1.82, 2.24) is 10.2 Å². The highest BCUT2D eigenvalue weighted by atomic mass is 32.2. The van der Waals surface area contributed by atoms with Crippen LogP contribution in [0.1, 0.15) is 33.6 Å². The second-order valence-electron chi connectivity index (χ2n) is 5.95. The maximum atomic E-state index is 13.5. The number of nitriles is 1. The van der Waals surface area contributed by atoms with Gasteiger partial charge < -0.3 is 14.5 Å². The quantitative estimate of drug-likeness (QED) is 0.408. The second-order valence-corrected chi connectivity index (χ2v) is 7.89. The molecule has 1 N–H and O–H groups in total. The number of hydrogen-bond donors (Lipinski definition) is 1. The van der Waals surface area contributed by atoms with E-state index in [1.165, 1.54) is 19.1 Å². The summed E-state index contributed by atoms with van der Waals surface area (Å²) in [4.78, 5) is 24.3. The number of rotatable bonds is 8. The average molecular weight is 446 g/mol. The Morgan fingerprint density at radius 3 is 2.83 bits per heavy atom. The minimum absolute atomic E-state index is 0.0486. The standard InChI is InChI=1S/C19H15FN4O4S2/c1-10-12(7-21)18(30-17(10)11(2)25)22-15(26)9-29-19-24-23-16(28-19)8-27-14-6-4-3-5-13(14)20/h3-6H,8-9H2,1-2H3,(H,22,26). The second kappa shape index (κ2) is 9.51. The summed E-state index contributed by atoms with van der Waals surface area (Å²) in [5.41, 5.74) is 0.822. The number of amides is 1. The zero-order valence-electron chi connectivity index (χ0n) is 15.9. The zero-order chi connectivity index (χ0) is 21.7. The normalized spacial score (nSPS) is 10.5. The molecule has 3 aromatic rings. The van der Waals surface area contributed by atoms with Gasteiger partial charge in [-0.1, -0.05) is 23.9 Å². The van der Waals surface area contributed by atoms with E-state index in [2.05, 4.69) is 15.5 Å². The molecule has 2 aromatic heterocycles. The molecule has 0 fully saturated rings. The Kier molecular flexibility index (Phi) is 6.81. The number of carbonyl (C=O) groups excluding carboxylic acids is 2. The van der Waals surface area contributed by atoms with Crippen molar-refractivity contribution in [2.45, 2.75) is 25.7 Å². The first-order valence-electron chi connectivity index (χ1n) is 8.55. The van der Waals surface area contributed by atoms with Gasteiger partial charge in [-0.15, -0.1) is 21.5 Å². The van der Waals surface area contributed by atoms with E-state index in [-0.39, 0.29) is 40.6 Å². The van der Waals surface area contributed by atoms with Crippen molar-refractivity contribution in [1.29, 1.82) is 5.26 Å². The molecule has 1 aromatic carbocycles. The monoisotopic (exact) mass is 446 g/mol. The SMILES string of the molecule is CC(=O)c1sc(NC(=O)CSc2nnc(COc3ccccc3F)o2)c(C#N)c1C. The zero-order valence-corrected chi connectivity index (χ0v) is 17.5. The van der Waals surface area contributed by atoms with E-state index in [9.17, 15) is 19.2 Å². The molecule has 0 aliphatic rings. The number of aromatic nitrogens is 2. The van der Waals surface area contributed by atoms with Crippen LogP contribution in [0.5, 0.6) is 5.75 Å². The van der Waals surface area contributed by atoms with Gasteiger partial charge in [0.1, 0.15) is 11.1 Å². The molecule has 0 unspecified atom stereocenters. The van der Waals surface area contributed by atoms with Crippen molar-refractivity contribution in [3.05, 3.63) is 52.0 Å². The number of Topliss-reactive ketones (excluding diaryl/α,β-unsaturated/α-hetero) is 1. The van der Waals surface area contributed by atoms with Crippen LogP contribution >= 0.6 is 23.1 Å². The molecule has 0 aliphatic heterocycles. The lowest BCUT2D eigenvalue weighted by molar-refractivity contribution is -0.113. The number of nitrogens with zero attached hydrogens (tertiary/aromatic N) is 3. The molecule has 0 radical (unpaired) electrons. The van der Waals surface area contributed by atoms with Gasteiger partial charge in [0.25, 0.3) is 11.1 Å². The van der Waals surface area contributed by atoms with Crippen molar-refractivity contribution >= 4 is 39.8 Å². The third-order valence-electron chi connectivity index (χ3n) is 3.79. The van der Waals surface area contributed by atoms with E-state index in [0.29, 0.717) is 15.4 Å². The number of halogens is 1. The van der Waals surface area contributed by atoms with Crippen LogP contribution in [0, 0.1) is 24.1 Å². The van der Waals surface area contributed by atoms with Crippen LogP contribution in [-0.4, -0.2) is 27.6 Å². The number of carbonyl (C=O) groups is 2. The molecule has 0 saturated carbocycles. The molecule has 0 spiro atoms. The Morgan fingerprint density at radius 2 is 2.13 bits per heavy atom. The van der Waals surface area contributed by atoms with Crippen molar-refractivity contribution in [3.8, 4) is 11.8 Å². The minimum atomic E-state index is -0.503. The smallest absolute Gasteiger partial charge is 0.277 e. The molecule has 0 saturated heterocycles. The van der Waals surface area contributed by atoms with Crippen molar-refractivity contribution in [2.75, 3.05) is 11.1 Å². The topological polar surface area (TPSA) is 118 Å². The average Bonchev–Trinajstić information content (AvgIpc) is 3.29.